The Bertz CT molecular complexity index is 88.9. The fourth-order valence-electron chi connectivity index (χ4n) is 0.432. The Morgan fingerprint density at radius 2 is 2.43 bits per heavy atom. The van der Waals surface area contributed by atoms with Crippen molar-refractivity contribution in [2.45, 2.75) is 6.42 Å². The van der Waals surface area contributed by atoms with Crippen LogP contribution in [0.4, 0.5) is 0 Å². The average molecular weight is 101 g/mol. The second-order valence-electron chi connectivity index (χ2n) is 1.40. The third-order valence-electron chi connectivity index (χ3n) is 0.748. The van der Waals surface area contributed by atoms with Gasteiger partial charge in [0.15, 0.2) is 0 Å². The molecule has 1 aliphatic rings. The maximum atomic E-state index is 10.1. The van der Waals surface area contributed by atoms with Gasteiger partial charge in [-0.25, -0.2) is 0 Å². The molecule has 1 radical (unpaired) electrons. The average Bonchev–Trinajstić information content (AvgIpc) is 1.87. The minimum Gasteiger partial charge on any atom is -0.462 e. The first-order chi connectivity index (χ1) is 3.29. The van der Waals surface area contributed by atoms with Gasteiger partial charge in [0.1, 0.15) is 12.7 Å². The molecule has 1 saturated heterocycles. The van der Waals surface area contributed by atoms with Crippen LogP contribution in [-0.4, -0.2) is 17.7 Å². The molecule has 0 aliphatic carbocycles. The summed E-state index contributed by atoms with van der Waals surface area (Å²) >= 11 is 0. The monoisotopic (exact) mass is 101 g/mol. The molecular weight excluding hydrogens is 96.0 g/mol. The standard InChI is InChI=1S/C4H5O3/c5-3-1-4(6)7-2-3/h5H,1-2H2. The van der Waals surface area contributed by atoms with Crippen LogP contribution in [-0.2, 0) is 9.53 Å². The number of rotatable bonds is 0. The molecule has 0 aromatic carbocycles. The van der Waals surface area contributed by atoms with Gasteiger partial charge in [-0.3, -0.25) is 4.79 Å². The number of hydrogen-bond acceptors (Lipinski definition) is 3. The fourth-order valence-corrected chi connectivity index (χ4v) is 0.432. The van der Waals surface area contributed by atoms with E-state index in [1.165, 1.54) is 0 Å². The lowest BCUT2D eigenvalue weighted by Gasteiger charge is -1.86. The van der Waals surface area contributed by atoms with Crippen LogP contribution in [0.2, 0.25) is 0 Å². The highest BCUT2D eigenvalue weighted by atomic mass is 16.6. The number of aliphatic hydroxyl groups excluding tert-OH is 1. The number of cyclic esters (lactones) is 1. The van der Waals surface area contributed by atoms with E-state index >= 15 is 0 Å². The van der Waals surface area contributed by atoms with Gasteiger partial charge < -0.3 is 9.84 Å². The molecule has 1 rings (SSSR count). The highest BCUT2D eigenvalue weighted by Crippen LogP contribution is 2.10. The van der Waals surface area contributed by atoms with Gasteiger partial charge in [-0.2, -0.15) is 0 Å². The molecule has 1 fully saturated rings. The van der Waals surface area contributed by atoms with Gasteiger partial charge in [-0.1, -0.05) is 0 Å². The fraction of sp³-hybridized carbons (Fsp3) is 0.500. The molecular formula is C4H5O3. The van der Waals surface area contributed by atoms with Crippen molar-refractivity contribution in [3.63, 3.8) is 0 Å². The first-order valence-corrected chi connectivity index (χ1v) is 1.98. The predicted octanol–water partition coefficient (Wildman–Crippen LogP) is -0.162. The second-order valence-corrected chi connectivity index (χ2v) is 1.40. The molecule has 3 nitrogen and oxygen atoms in total. The second kappa shape index (κ2) is 1.50. The van der Waals surface area contributed by atoms with Gasteiger partial charge in [0.2, 0.25) is 0 Å². The Labute approximate surface area is 40.9 Å². The molecule has 3 heteroatoms. The van der Waals surface area contributed by atoms with Crippen molar-refractivity contribution < 1.29 is 14.6 Å². The lowest BCUT2D eigenvalue weighted by atomic mass is 10.3. The normalized spacial score (nSPS) is 22.7. The van der Waals surface area contributed by atoms with E-state index in [4.69, 9.17) is 5.11 Å². The van der Waals surface area contributed by atoms with Crippen LogP contribution in [0.3, 0.4) is 0 Å². The van der Waals surface area contributed by atoms with Gasteiger partial charge in [-0.15, -0.1) is 0 Å². The molecule has 39 valence electrons. The number of aliphatic hydroxyl groups is 1. The molecule has 0 aromatic heterocycles. The number of hydrogen-bond donors (Lipinski definition) is 1. The number of carbonyl (C=O) groups is 1. The number of esters is 1. The minimum absolute atomic E-state index is 0.0833. The summed E-state index contributed by atoms with van der Waals surface area (Å²) in [4.78, 5) is 10.1. The quantitative estimate of drug-likeness (QED) is 0.431. The summed E-state index contributed by atoms with van der Waals surface area (Å²) in [6.45, 7) is 0.0961. The van der Waals surface area contributed by atoms with E-state index in [0.29, 0.717) is 0 Å². The van der Waals surface area contributed by atoms with E-state index in [0.717, 1.165) is 0 Å². The van der Waals surface area contributed by atoms with Crippen LogP contribution in [0.25, 0.3) is 0 Å². The molecule has 7 heavy (non-hydrogen) atoms. The SMILES string of the molecule is O=C1C[C](O)CO1. The van der Waals surface area contributed by atoms with Gasteiger partial charge >= 0.3 is 5.97 Å². The third-order valence-corrected chi connectivity index (χ3v) is 0.748. The molecule has 1 N–H and O–H groups in total. The Kier molecular flexibility index (Phi) is 0.982. The van der Waals surface area contributed by atoms with Crippen LogP contribution in [0.5, 0.6) is 0 Å². The summed E-state index contributed by atoms with van der Waals surface area (Å²) in [6.07, 6.45) is 0.213. The molecule has 1 heterocycles. The van der Waals surface area contributed by atoms with Gasteiger partial charge in [0, 0.05) is 0 Å². The molecule has 0 aromatic rings. The Morgan fingerprint density at radius 3 is 2.57 bits per heavy atom. The summed E-state index contributed by atoms with van der Waals surface area (Å²) in [5.41, 5.74) is 0. The minimum atomic E-state index is -0.336. The largest absolute Gasteiger partial charge is 0.462 e. The molecule has 0 unspecified atom stereocenters. The number of ether oxygens (including phenoxy) is 1. The van der Waals surface area contributed by atoms with Crippen LogP contribution < -0.4 is 0 Å². The maximum Gasteiger partial charge on any atom is 0.309 e. The van der Waals surface area contributed by atoms with Crippen molar-refractivity contribution in [1.29, 1.82) is 0 Å². The zero-order chi connectivity index (χ0) is 5.28. The summed E-state index contributed by atoms with van der Waals surface area (Å²) in [5, 5.41) is 8.47. The van der Waals surface area contributed by atoms with E-state index in [1.54, 1.807) is 0 Å². The van der Waals surface area contributed by atoms with E-state index in [2.05, 4.69) is 4.74 Å². The van der Waals surface area contributed by atoms with Gasteiger partial charge in [-0.05, 0) is 0 Å². The molecule has 0 amide bonds. The van der Waals surface area contributed by atoms with Crippen LogP contribution >= 0.6 is 0 Å². The summed E-state index contributed by atoms with van der Waals surface area (Å²) in [5.74, 6) is -0.336. The third kappa shape index (κ3) is 0.899. The first kappa shape index (κ1) is 4.59. The van der Waals surface area contributed by atoms with E-state index in [-0.39, 0.29) is 25.1 Å². The summed E-state index contributed by atoms with van der Waals surface area (Å²) < 4.78 is 4.34. The van der Waals surface area contributed by atoms with Crippen molar-refractivity contribution in [3.05, 3.63) is 6.10 Å². The highest BCUT2D eigenvalue weighted by molar-refractivity contribution is 5.73. The van der Waals surface area contributed by atoms with E-state index < -0.39 is 0 Å². The van der Waals surface area contributed by atoms with Crippen molar-refractivity contribution in [2.24, 2.45) is 0 Å². The maximum absolute atomic E-state index is 10.1. The first-order valence-electron chi connectivity index (χ1n) is 1.98. The zero-order valence-corrected chi connectivity index (χ0v) is 3.68. The molecule has 0 spiro atoms. The Morgan fingerprint density at radius 1 is 1.71 bits per heavy atom. The van der Waals surface area contributed by atoms with Crippen LogP contribution in [0.1, 0.15) is 6.42 Å². The topological polar surface area (TPSA) is 46.5 Å². The van der Waals surface area contributed by atoms with Gasteiger partial charge in [0.05, 0.1) is 6.42 Å². The van der Waals surface area contributed by atoms with Crippen LogP contribution in [0, 0.1) is 6.10 Å². The van der Waals surface area contributed by atoms with Crippen LogP contribution in [0.15, 0.2) is 0 Å². The Balaban J connectivity index is 2.40. The molecule has 0 saturated carbocycles. The number of carbonyl (C=O) groups excluding carboxylic acids is 1. The zero-order valence-electron chi connectivity index (χ0n) is 3.68. The van der Waals surface area contributed by atoms with Gasteiger partial charge in [0.25, 0.3) is 0 Å². The lowest BCUT2D eigenvalue weighted by Crippen LogP contribution is -1.90. The van der Waals surface area contributed by atoms with Crippen molar-refractivity contribution >= 4 is 5.97 Å². The summed E-state index contributed by atoms with van der Waals surface area (Å²) in [6, 6.07) is 0. The van der Waals surface area contributed by atoms with E-state index in [9.17, 15) is 4.79 Å². The Hall–Kier alpha value is -0.570. The highest BCUT2D eigenvalue weighted by Gasteiger charge is 2.21. The summed E-state index contributed by atoms with van der Waals surface area (Å²) in [7, 11) is 0. The molecule has 1 aliphatic heterocycles. The molecule has 0 atom stereocenters. The van der Waals surface area contributed by atoms with Crippen molar-refractivity contribution in [1.82, 2.24) is 0 Å². The van der Waals surface area contributed by atoms with Crippen molar-refractivity contribution in [2.75, 3.05) is 6.61 Å². The van der Waals surface area contributed by atoms with E-state index in [1.807, 2.05) is 0 Å². The lowest BCUT2D eigenvalue weighted by molar-refractivity contribution is -0.137. The smallest absolute Gasteiger partial charge is 0.309 e. The predicted molar refractivity (Wildman–Crippen MR) is 20.8 cm³/mol. The molecule has 0 bridgehead atoms. The van der Waals surface area contributed by atoms with Crippen molar-refractivity contribution in [3.8, 4) is 0 Å².